The second-order valence-electron chi connectivity index (χ2n) is 5.71. The molecule has 1 aliphatic rings. The molecule has 21 heavy (non-hydrogen) atoms. The van der Waals surface area contributed by atoms with E-state index < -0.39 is 16.4 Å². The van der Waals surface area contributed by atoms with Crippen LogP contribution in [0.3, 0.4) is 0 Å². The molecule has 1 aliphatic carbocycles. The number of hydrogen-bond acceptors (Lipinski definition) is 4. The number of benzene rings is 1. The highest BCUT2D eigenvalue weighted by Gasteiger charge is 2.35. The lowest BCUT2D eigenvalue weighted by Crippen LogP contribution is -2.50. The van der Waals surface area contributed by atoms with Gasteiger partial charge in [0.05, 0.1) is 23.0 Å². The van der Waals surface area contributed by atoms with Gasteiger partial charge in [0.1, 0.15) is 0 Å². The number of hydrogen-bond donors (Lipinski definition) is 2. The van der Waals surface area contributed by atoms with Crippen molar-refractivity contribution in [3.8, 4) is 0 Å². The molecular formula is C15H20N2O4. The number of carbonyl (C=O) groups excluding carboxylic acids is 1. The fourth-order valence-corrected chi connectivity index (χ4v) is 2.80. The Hall–Kier alpha value is -1.95. The number of nitrogens with zero attached hydrogens (tertiary/aromatic N) is 1. The second-order valence-corrected chi connectivity index (χ2v) is 5.71. The number of nitro groups is 1. The van der Waals surface area contributed by atoms with Crippen LogP contribution >= 0.6 is 0 Å². The first-order valence-corrected chi connectivity index (χ1v) is 7.15. The van der Waals surface area contributed by atoms with Gasteiger partial charge in [-0.3, -0.25) is 14.9 Å². The SMILES string of the molecule is CC(C(=O)NC1(CO)CCCC1)c1cccc([N+](=O)[O-])c1. The molecule has 0 saturated heterocycles. The third-order valence-corrected chi connectivity index (χ3v) is 4.23. The molecule has 6 nitrogen and oxygen atoms in total. The van der Waals surface area contributed by atoms with E-state index in [9.17, 15) is 20.0 Å². The number of nitrogens with one attached hydrogen (secondary N) is 1. The van der Waals surface area contributed by atoms with Gasteiger partial charge >= 0.3 is 0 Å². The first-order chi connectivity index (χ1) is 9.97. The van der Waals surface area contributed by atoms with Crippen molar-refractivity contribution in [2.45, 2.75) is 44.1 Å². The summed E-state index contributed by atoms with van der Waals surface area (Å²) in [6.45, 7) is 1.65. The Morgan fingerprint density at radius 3 is 2.71 bits per heavy atom. The summed E-state index contributed by atoms with van der Waals surface area (Å²) in [5.41, 5.74) is 0.0594. The summed E-state index contributed by atoms with van der Waals surface area (Å²) in [6, 6.07) is 6.11. The summed E-state index contributed by atoms with van der Waals surface area (Å²) < 4.78 is 0. The summed E-state index contributed by atoms with van der Waals surface area (Å²) in [4.78, 5) is 22.7. The van der Waals surface area contributed by atoms with Crippen molar-refractivity contribution >= 4 is 11.6 Å². The van der Waals surface area contributed by atoms with Crippen LogP contribution in [0.2, 0.25) is 0 Å². The average Bonchev–Trinajstić information content (AvgIpc) is 2.95. The molecule has 6 heteroatoms. The molecule has 2 N–H and O–H groups in total. The van der Waals surface area contributed by atoms with Gasteiger partial charge in [0.15, 0.2) is 0 Å². The third-order valence-electron chi connectivity index (χ3n) is 4.23. The first-order valence-electron chi connectivity index (χ1n) is 7.15. The van der Waals surface area contributed by atoms with Crippen LogP contribution in [0.15, 0.2) is 24.3 Å². The molecule has 0 spiro atoms. The number of aliphatic hydroxyl groups is 1. The molecule has 1 aromatic rings. The molecule has 0 heterocycles. The molecule has 2 rings (SSSR count). The lowest BCUT2D eigenvalue weighted by molar-refractivity contribution is -0.384. The maximum Gasteiger partial charge on any atom is 0.269 e. The van der Waals surface area contributed by atoms with E-state index >= 15 is 0 Å². The van der Waals surface area contributed by atoms with Gasteiger partial charge in [-0.25, -0.2) is 0 Å². The predicted octanol–water partition coefficient (Wildman–Crippen LogP) is 2.12. The molecular weight excluding hydrogens is 272 g/mol. The summed E-state index contributed by atoms with van der Waals surface area (Å²) in [6.07, 6.45) is 3.53. The van der Waals surface area contributed by atoms with Gasteiger partial charge in [-0.1, -0.05) is 25.0 Å². The molecule has 114 valence electrons. The Kier molecular flexibility index (Phi) is 4.57. The van der Waals surface area contributed by atoms with Crippen molar-refractivity contribution < 1.29 is 14.8 Å². The van der Waals surface area contributed by atoms with Gasteiger partial charge in [-0.05, 0) is 25.3 Å². The molecule has 0 radical (unpaired) electrons. The number of carbonyl (C=O) groups is 1. The second kappa shape index (κ2) is 6.22. The van der Waals surface area contributed by atoms with Crippen LogP contribution in [0.1, 0.15) is 44.1 Å². The van der Waals surface area contributed by atoms with Crippen molar-refractivity contribution in [3.63, 3.8) is 0 Å². The standard InChI is InChI=1S/C15H20N2O4/c1-11(12-5-4-6-13(9-12)17(20)21)14(19)16-15(10-18)7-2-3-8-15/h4-6,9,11,18H,2-3,7-8,10H2,1H3,(H,16,19). The molecule has 0 aromatic heterocycles. The Labute approximate surface area is 123 Å². The molecule has 0 bridgehead atoms. The van der Waals surface area contributed by atoms with Gasteiger partial charge in [0.25, 0.3) is 5.69 Å². The minimum absolute atomic E-state index is 0.0233. The predicted molar refractivity (Wildman–Crippen MR) is 77.9 cm³/mol. The highest BCUT2D eigenvalue weighted by atomic mass is 16.6. The Morgan fingerprint density at radius 1 is 1.48 bits per heavy atom. The van der Waals surface area contributed by atoms with E-state index in [0.717, 1.165) is 25.7 Å². The van der Waals surface area contributed by atoms with Crippen LogP contribution in [-0.4, -0.2) is 28.1 Å². The fourth-order valence-electron chi connectivity index (χ4n) is 2.80. The van der Waals surface area contributed by atoms with Crippen LogP contribution in [0.25, 0.3) is 0 Å². The van der Waals surface area contributed by atoms with E-state index in [4.69, 9.17) is 0 Å². The first kappa shape index (κ1) is 15.4. The van der Waals surface area contributed by atoms with E-state index in [1.54, 1.807) is 19.1 Å². The minimum atomic E-state index is -0.522. The molecule has 1 aromatic carbocycles. The largest absolute Gasteiger partial charge is 0.394 e. The quantitative estimate of drug-likeness (QED) is 0.642. The zero-order chi connectivity index (χ0) is 15.5. The summed E-state index contributed by atoms with van der Waals surface area (Å²) >= 11 is 0. The van der Waals surface area contributed by atoms with Gasteiger partial charge in [-0.2, -0.15) is 0 Å². The summed E-state index contributed by atoms with van der Waals surface area (Å²) in [7, 11) is 0. The fraction of sp³-hybridized carbons (Fsp3) is 0.533. The maximum atomic E-state index is 12.4. The van der Waals surface area contributed by atoms with Crippen LogP contribution in [0.5, 0.6) is 0 Å². The molecule has 1 fully saturated rings. The van der Waals surface area contributed by atoms with E-state index in [-0.39, 0.29) is 18.2 Å². The Bertz CT molecular complexity index is 538. The lowest BCUT2D eigenvalue weighted by Gasteiger charge is -2.29. The number of aliphatic hydroxyl groups excluding tert-OH is 1. The number of nitro benzene ring substituents is 1. The monoisotopic (exact) mass is 292 g/mol. The molecule has 1 amide bonds. The highest BCUT2D eigenvalue weighted by molar-refractivity contribution is 5.84. The Morgan fingerprint density at radius 2 is 2.14 bits per heavy atom. The topological polar surface area (TPSA) is 92.5 Å². The average molecular weight is 292 g/mol. The van der Waals surface area contributed by atoms with Gasteiger partial charge in [0, 0.05) is 12.1 Å². The van der Waals surface area contributed by atoms with Gasteiger partial charge < -0.3 is 10.4 Å². The van der Waals surface area contributed by atoms with E-state index in [1.807, 2.05) is 0 Å². The zero-order valence-corrected chi connectivity index (χ0v) is 12.0. The third kappa shape index (κ3) is 3.39. The van der Waals surface area contributed by atoms with Gasteiger partial charge in [-0.15, -0.1) is 0 Å². The maximum absolute atomic E-state index is 12.4. The lowest BCUT2D eigenvalue weighted by atomic mass is 9.94. The van der Waals surface area contributed by atoms with Crippen molar-refractivity contribution in [2.75, 3.05) is 6.61 Å². The van der Waals surface area contributed by atoms with Crippen LogP contribution in [0, 0.1) is 10.1 Å². The molecule has 1 atom stereocenters. The van der Waals surface area contributed by atoms with E-state index in [2.05, 4.69) is 5.32 Å². The van der Waals surface area contributed by atoms with Crippen LogP contribution < -0.4 is 5.32 Å². The Balaban J connectivity index is 2.12. The number of non-ortho nitro benzene ring substituents is 1. The van der Waals surface area contributed by atoms with Crippen molar-refractivity contribution in [1.29, 1.82) is 0 Å². The zero-order valence-electron chi connectivity index (χ0n) is 12.0. The number of amides is 1. The molecule has 1 unspecified atom stereocenters. The normalized spacial score (nSPS) is 18.2. The van der Waals surface area contributed by atoms with Crippen molar-refractivity contribution in [2.24, 2.45) is 0 Å². The highest BCUT2D eigenvalue weighted by Crippen LogP contribution is 2.30. The minimum Gasteiger partial charge on any atom is -0.394 e. The van der Waals surface area contributed by atoms with Gasteiger partial charge in [0.2, 0.25) is 5.91 Å². The van der Waals surface area contributed by atoms with E-state index in [1.165, 1.54) is 12.1 Å². The van der Waals surface area contributed by atoms with Crippen LogP contribution in [-0.2, 0) is 4.79 Å². The smallest absolute Gasteiger partial charge is 0.269 e. The number of rotatable bonds is 5. The molecule has 0 aliphatic heterocycles. The van der Waals surface area contributed by atoms with Crippen molar-refractivity contribution in [3.05, 3.63) is 39.9 Å². The van der Waals surface area contributed by atoms with Crippen molar-refractivity contribution in [1.82, 2.24) is 5.32 Å². The summed E-state index contributed by atoms with van der Waals surface area (Å²) in [5.74, 6) is -0.694. The van der Waals surface area contributed by atoms with E-state index in [0.29, 0.717) is 5.56 Å². The summed E-state index contributed by atoms with van der Waals surface area (Å²) in [5, 5.41) is 23.3. The molecule has 1 saturated carbocycles. The van der Waals surface area contributed by atoms with Crippen LogP contribution in [0.4, 0.5) is 5.69 Å².